The van der Waals surface area contributed by atoms with E-state index in [9.17, 15) is 5.11 Å². The Morgan fingerprint density at radius 3 is 2.31 bits per heavy atom. The third kappa shape index (κ3) is 2.30. The standard InChI is InChI=1S/C10H11BCl2O3/c1-10(2)5-15-11(16-10)6-3-7(12)9(14)8(13)4-6/h3-4,14H,5H2,1-2H3. The molecule has 0 aliphatic carbocycles. The molecule has 6 heteroatoms. The highest BCUT2D eigenvalue weighted by atomic mass is 35.5. The second kappa shape index (κ2) is 4.11. The van der Waals surface area contributed by atoms with Gasteiger partial charge >= 0.3 is 7.12 Å². The zero-order valence-electron chi connectivity index (χ0n) is 8.96. The van der Waals surface area contributed by atoms with Crippen molar-refractivity contribution < 1.29 is 14.4 Å². The van der Waals surface area contributed by atoms with Gasteiger partial charge in [0.05, 0.1) is 22.3 Å². The fourth-order valence-corrected chi connectivity index (χ4v) is 2.02. The second-order valence-electron chi connectivity index (χ2n) is 4.35. The highest BCUT2D eigenvalue weighted by Gasteiger charge is 2.38. The van der Waals surface area contributed by atoms with Gasteiger partial charge in [-0.05, 0) is 31.4 Å². The van der Waals surface area contributed by atoms with E-state index < -0.39 is 7.12 Å². The number of halogens is 2. The third-order valence-electron chi connectivity index (χ3n) is 2.32. The average molecular weight is 261 g/mol. The summed E-state index contributed by atoms with van der Waals surface area (Å²) in [5.41, 5.74) is 0.389. The first-order valence-corrected chi connectivity index (χ1v) is 5.62. The highest BCUT2D eigenvalue weighted by molar-refractivity contribution is 6.62. The largest absolute Gasteiger partial charge is 0.505 e. The van der Waals surface area contributed by atoms with Gasteiger partial charge in [-0.1, -0.05) is 23.2 Å². The van der Waals surface area contributed by atoms with Crippen LogP contribution < -0.4 is 5.46 Å². The molecule has 0 unspecified atom stereocenters. The molecule has 2 rings (SSSR count). The van der Waals surface area contributed by atoms with Crippen molar-refractivity contribution in [2.45, 2.75) is 19.4 Å². The Kier molecular flexibility index (Phi) is 3.10. The van der Waals surface area contributed by atoms with E-state index in [1.807, 2.05) is 13.8 Å². The number of aromatic hydroxyl groups is 1. The van der Waals surface area contributed by atoms with E-state index in [4.69, 9.17) is 32.5 Å². The van der Waals surface area contributed by atoms with Gasteiger partial charge in [-0.3, -0.25) is 0 Å². The molecule has 0 bridgehead atoms. The zero-order chi connectivity index (χ0) is 11.9. The lowest BCUT2D eigenvalue weighted by molar-refractivity contribution is 0.137. The minimum atomic E-state index is -0.481. The summed E-state index contributed by atoms with van der Waals surface area (Å²) in [5, 5.41) is 9.82. The van der Waals surface area contributed by atoms with Crippen molar-refractivity contribution in [2.75, 3.05) is 6.61 Å². The summed E-state index contributed by atoms with van der Waals surface area (Å²) in [6.45, 7) is 4.39. The van der Waals surface area contributed by atoms with Gasteiger partial charge in [-0.15, -0.1) is 0 Å². The first-order valence-electron chi connectivity index (χ1n) is 4.86. The van der Waals surface area contributed by atoms with E-state index in [1.165, 1.54) is 0 Å². The number of hydrogen-bond donors (Lipinski definition) is 1. The van der Waals surface area contributed by atoms with E-state index >= 15 is 0 Å². The maximum absolute atomic E-state index is 9.43. The van der Waals surface area contributed by atoms with Crippen molar-refractivity contribution in [3.05, 3.63) is 22.2 Å². The molecule has 0 aromatic heterocycles. The Morgan fingerprint density at radius 2 is 1.88 bits per heavy atom. The topological polar surface area (TPSA) is 38.7 Å². The van der Waals surface area contributed by atoms with Crippen molar-refractivity contribution in [3.63, 3.8) is 0 Å². The van der Waals surface area contributed by atoms with Gasteiger partial charge < -0.3 is 14.4 Å². The van der Waals surface area contributed by atoms with E-state index in [0.29, 0.717) is 12.1 Å². The molecule has 0 spiro atoms. The summed E-state index contributed by atoms with van der Waals surface area (Å²) in [7, 11) is -0.481. The van der Waals surface area contributed by atoms with Gasteiger partial charge in [-0.25, -0.2) is 0 Å². The van der Waals surface area contributed by atoms with Crippen molar-refractivity contribution in [2.24, 2.45) is 0 Å². The van der Waals surface area contributed by atoms with Crippen LogP contribution in [0.2, 0.25) is 10.0 Å². The zero-order valence-corrected chi connectivity index (χ0v) is 10.5. The van der Waals surface area contributed by atoms with E-state index in [2.05, 4.69) is 0 Å². The first kappa shape index (κ1) is 12.1. The van der Waals surface area contributed by atoms with Crippen LogP contribution in [0, 0.1) is 0 Å². The predicted octanol–water partition coefficient (Wildman–Crippen LogP) is 2.22. The van der Waals surface area contributed by atoms with Gasteiger partial charge in [0.1, 0.15) is 0 Å². The van der Waals surface area contributed by atoms with Crippen LogP contribution in [-0.4, -0.2) is 24.4 Å². The Balaban J connectivity index is 2.29. The maximum atomic E-state index is 9.43. The minimum absolute atomic E-state index is 0.121. The van der Waals surface area contributed by atoms with Crippen LogP contribution >= 0.6 is 23.2 Å². The van der Waals surface area contributed by atoms with Crippen LogP contribution in [0.25, 0.3) is 0 Å². The van der Waals surface area contributed by atoms with Gasteiger partial charge in [0.15, 0.2) is 5.75 Å². The molecule has 1 saturated heterocycles. The summed E-state index contributed by atoms with van der Waals surface area (Å²) in [6.07, 6.45) is 0. The number of phenols is 1. The monoisotopic (exact) mass is 260 g/mol. The van der Waals surface area contributed by atoms with Crippen LogP contribution in [0.4, 0.5) is 0 Å². The lowest BCUT2D eigenvalue weighted by Gasteiger charge is -2.15. The molecule has 86 valence electrons. The number of hydrogen-bond acceptors (Lipinski definition) is 3. The third-order valence-corrected chi connectivity index (χ3v) is 2.90. The summed E-state index contributed by atoms with van der Waals surface area (Å²) in [5.74, 6) is -0.121. The molecule has 1 aromatic rings. The Labute approximate surface area is 104 Å². The van der Waals surface area contributed by atoms with Crippen LogP contribution in [0.3, 0.4) is 0 Å². The predicted molar refractivity (Wildman–Crippen MR) is 64.6 cm³/mol. The van der Waals surface area contributed by atoms with Crippen molar-refractivity contribution in [3.8, 4) is 5.75 Å². The van der Waals surface area contributed by atoms with Crippen LogP contribution in [0.5, 0.6) is 5.75 Å². The molecule has 16 heavy (non-hydrogen) atoms. The van der Waals surface area contributed by atoms with E-state index in [1.54, 1.807) is 12.1 Å². The summed E-state index contributed by atoms with van der Waals surface area (Å²) < 4.78 is 11.1. The Morgan fingerprint density at radius 1 is 1.31 bits per heavy atom. The molecule has 0 amide bonds. The van der Waals surface area contributed by atoms with Crippen LogP contribution in [0.15, 0.2) is 12.1 Å². The lowest BCUT2D eigenvalue weighted by atomic mass is 9.79. The molecular weight excluding hydrogens is 250 g/mol. The van der Waals surface area contributed by atoms with Gasteiger partial charge in [-0.2, -0.15) is 0 Å². The van der Waals surface area contributed by atoms with Gasteiger partial charge in [0.2, 0.25) is 0 Å². The fourth-order valence-electron chi connectivity index (χ4n) is 1.52. The van der Waals surface area contributed by atoms with Crippen molar-refractivity contribution >= 4 is 35.8 Å². The molecule has 0 saturated carbocycles. The smallest absolute Gasteiger partial charge is 0.494 e. The highest BCUT2D eigenvalue weighted by Crippen LogP contribution is 2.31. The Hall–Kier alpha value is -0.415. The number of rotatable bonds is 1. The molecule has 1 aliphatic heterocycles. The molecule has 0 atom stereocenters. The second-order valence-corrected chi connectivity index (χ2v) is 5.17. The summed E-state index contributed by atoms with van der Waals surface area (Å²) in [4.78, 5) is 0. The van der Waals surface area contributed by atoms with E-state index in [0.717, 1.165) is 0 Å². The lowest BCUT2D eigenvalue weighted by Crippen LogP contribution is -2.34. The van der Waals surface area contributed by atoms with E-state index in [-0.39, 0.29) is 21.4 Å². The van der Waals surface area contributed by atoms with Crippen LogP contribution in [0.1, 0.15) is 13.8 Å². The molecular formula is C10H11BCl2O3. The summed E-state index contributed by atoms with van der Waals surface area (Å²) >= 11 is 11.6. The summed E-state index contributed by atoms with van der Waals surface area (Å²) in [6, 6.07) is 3.18. The number of phenolic OH excluding ortho intramolecular Hbond substituents is 1. The first-order chi connectivity index (χ1) is 7.39. The quantitative estimate of drug-likeness (QED) is 0.787. The molecule has 1 N–H and O–H groups in total. The molecule has 1 heterocycles. The van der Waals surface area contributed by atoms with Crippen molar-refractivity contribution in [1.29, 1.82) is 0 Å². The van der Waals surface area contributed by atoms with Gasteiger partial charge in [0, 0.05) is 0 Å². The van der Waals surface area contributed by atoms with Crippen LogP contribution in [-0.2, 0) is 9.31 Å². The molecule has 1 fully saturated rings. The van der Waals surface area contributed by atoms with Crippen molar-refractivity contribution in [1.82, 2.24) is 0 Å². The molecule has 3 nitrogen and oxygen atoms in total. The fraction of sp³-hybridized carbons (Fsp3) is 0.400. The van der Waals surface area contributed by atoms with Gasteiger partial charge in [0.25, 0.3) is 0 Å². The number of benzene rings is 1. The SMILES string of the molecule is CC1(C)COB(c2cc(Cl)c(O)c(Cl)c2)O1. The normalized spacial score (nSPS) is 19.1. The molecule has 0 radical (unpaired) electrons. The maximum Gasteiger partial charge on any atom is 0.494 e. The Bertz CT molecular complexity index is 400. The average Bonchev–Trinajstić information content (AvgIpc) is 2.54. The minimum Gasteiger partial charge on any atom is -0.505 e. The molecule has 1 aromatic carbocycles. The molecule has 1 aliphatic rings.